The van der Waals surface area contributed by atoms with Gasteiger partial charge >= 0.3 is 0 Å². The summed E-state index contributed by atoms with van der Waals surface area (Å²) in [4.78, 5) is 10.5. The van der Waals surface area contributed by atoms with Crippen LogP contribution in [0.2, 0.25) is 0 Å². The first-order chi connectivity index (χ1) is 6.34. The first-order valence-electron chi connectivity index (χ1n) is 3.71. The molecule has 0 aliphatic rings. The lowest BCUT2D eigenvalue weighted by atomic mass is 10.1. The summed E-state index contributed by atoms with van der Waals surface area (Å²) in [6.45, 7) is 1.26. The Labute approximate surface area is 93.4 Å². The number of carbonyl (C=O) groups is 1. The fraction of sp³-hybridized carbons (Fsp3) is 0.125. The Hall–Kier alpha value is -1.11. The molecule has 0 aromatic heterocycles. The number of para-hydroxylation sites is 1. The normalized spacial score (nSPS) is 10.5. The van der Waals surface area contributed by atoms with E-state index < -0.39 is 15.0 Å². The van der Waals surface area contributed by atoms with E-state index in [0.717, 1.165) is 6.07 Å². The molecule has 0 aliphatic carbocycles. The molecule has 0 radical (unpaired) electrons. The van der Waals surface area contributed by atoms with Crippen LogP contribution >= 0.6 is 12.4 Å². The Morgan fingerprint density at radius 2 is 1.93 bits per heavy atom. The summed E-state index contributed by atoms with van der Waals surface area (Å²) in [6, 6.07) is 3.87. The van der Waals surface area contributed by atoms with Crippen LogP contribution in [-0.2, 0) is 10.1 Å². The van der Waals surface area contributed by atoms with Gasteiger partial charge in [-0.2, -0.15) is 8.42 Å². The van der Waals surface area contributed by atoms with Gasteiger partial charge in [-0.1, -0.05) is 6.07 Å². The monoisotopic (exact) mass is 251 g/mol. The number of halogens is 1. The fourth-order valence-corrected chi connectivity index (χ4v) is 1.71. The maximum atomic E-state index is 11.0. The van der Waals surface area contributed by atoms with Crippen molar-refractivity contribution in [1.82, 2.24) is 0 Å². The Morgan fingerprint density at radius 1 is 1.40 bits per heavy atom. The van der Waals surface area contributed by atoms with Crippen LogP contribution < -0.4 is 5.73 Å². The topological polar surface area (TPSA) is 97.5 Å². The van der Waals surface area contributed by atoms with Crippen LogP contribution in [0, 0.1) is 0 Å². The lowest BCUT2D eigenvalue weighted by Crippen LogP contribution is -2.07. The van der Waals surface area contributed by atoms with Crippen LogP contribution in [0.5, 0.6) is 0 Å². The van der Waals surface area contributed by atoms with E-state index in [1.807, 2.05) is 0 Å². The molecule has 0 spiro atoms. The van der Waals surface area contributed by atoms with Crippen molar-refractivity contribution < 1.29 is 17.8 Å². The third-order valence-electron chi connectivity index (χ3n) is 1.72. The highest BCUT2D eigenvalue weighted by atomic mass is 35.5. The van der Waals surface area contributed by atoms with Crippen molar-refractivity contribution in [1.29, 1.82) is 0 Å². The summed E-state index contributed by atoms with van der Waals surface area (Å²) in [5.41, 5.74) is 5.27. The molecule has 1 aromatic carbocycles. The lowest BCUT2D eigenvalue weighted by molar-refractivity contribution is 0.101. The molecule has 1 rings (SSSR count). The number of anilines is 1. The second kappa shape index (κ2) is 4.61. The number of hydrogen-bond donors (Lipinski definition) is 2. The van der Waals surface area contributed by atoms with Crippen molar-refractivity contribution in [2.24, 2.45) is 0 Å². The highest BCUT2D eigenvalue weighted by molar-refractivity contribution is 7.86. The van der Waals surface area contributed by atoms with Gasteiger partial charge in [-0.15, -0.1) is 12.4 Å². The van der Waals surface area contributed by atoms with E-state index in [2.05, 4.69) is 0 Å². The predicted molar refractivity (Wildman–Crippen MR) is 57.9 cm³/mol. The number of carbonyl (C=O) groups excluding carboxylic acids is 1. The summed E-state index contributed by atoms with van der Waals surface area (Å²) >= 11 is 0. The molecule has 0 amide bonds. The minimum Gasteiger partial charge on any atom is -0.397 e. The summed E-state index contributed by atoms with van der Waals surface area (Å²) < 4.78 is 30.3. The summed E-state index contributed by atoms with van der Waals surface area (Å²) in [5.74, 6) is -0.354. The van der Waals surface area contributed by atoms with Gasteiger partial charge in [0.15, 0.2) is 5.78 Å². The molecule has 15 heavy (non-hydrogen) atoms. The number of hydrogen-bond acceptors (Lipinski definition) is 4. The molecule has 7 heteroatoms. The molecular formula is C8H10ClNO4S. The van der Waals surface area contributed by atoms with E-state index in [4.69, 9.17) is 10.3 Å². The van der Waals surface area contributed by atoms with E-state index in [0.29, 0.717) is 0 Å². The SMILES string of the molecule is CC(=O)c1cccc(S(=O)(=O)O)c1N.Cl. The van der Waals surface area contributed by atoms with Crippen molar-refractivity contribution in [2.75, 3.05) is 5.73 Å². The number of ketones is 1. The van der Waals surface area contributed by atoms with Gasteiger partial charge in [0.05, 0.1) is 5.69 Å². The molecule has 3 N–H and O–H groups in total. The molecule has 0 atom stereocenters. The molecule has 1 aromatic rings. The standard InChI is InChI=1S/C8H9NO4S.ClH/c1-5(10)6-3-2-4-7(8(6)9)14(11,12)13;/h2-4H,9H2,1H3,(H,11,12,13);1H. The molecule has 0 bridgehead atoms. The third kappa shape index (κ3) is 2.92. The lowest BCUT2D eigenvalue weighted by Gasteiger charge is -2.05. The van der Waals surface area contributed by atoms with Crippen molar-refractivity contribution in [2.45, 2.75) is 11.8 Å². The van der Waals surface area contributed by atoms with Crippen LogP contribution in [0.3, 0.4) is 0 Å². The molecule has 0 heterocycles. The van der Waals surface area contributed by atoms with E-state index in [9.17, 15) is 13.2 Å². The summed E-state index contributed by atoms with van der Waals surface area (Å²) in [5, 5.41) is 0. The largest absolute Gasteiger partial charge is 0.397 e. The van der Waals surface area contributed by atoms with Gasteiger partial charge in [0.2, 0.25) is 0 Å². The maximum Gasteiger partial charge on any atom is 0.296 e. The van der Waals surface area contributed by atoms with Crippen LogP contribution in [0.4, 0.5) is 5.69 Å². The van der Waals surface area contributed by atoms with Gasteiger partial charge in [-0.3, -0.25) is 9.35 Å². The van der Waals surface area contributed by atoms with Gasteiger partial charge in [-0.05, 0) is 19.1 Å². The Kier molecular flexibility index (Phi) is 4.27. The van der Waals surface area contributed by atoms with Crippen LogP contribution in [0.15, 0.2) is 23.1 Å². The van der Waals surface area contributed by atoms with Crippen molar-refractivity contribution in [3.8, 4) is 0 Å². The minimum atomic E-state index is -4.37. The van der Waals surface area contributed by atoms with Crippen molar-refractivity contribution in [3.05, 3.63) is 23.8 Å². The minimum absolute atomic E-state index is 0. The van der Waals surface area contributed by atoms with E-state index in [-0.39, 0.29) is 29.4 Å². The van der Waals surface area contributed by atoms with Gasteiger partial charge in [0, 0.05) is 5.56 Å². The van der Waals surface area contributed by atoms with E-state index >= 15 is 0 Å². The van der Waals surface area contributed by atoms with Crippen molar-refractivity contribution >= 4 is 34.0 Å². The third-order valence-corrected chi connectivity index (χ3v) is 2.64. The molecule has 0 saturated carbocycles. The summed E-state index contributed by atoms with van der Waals surface area (Å²) in [6.07, 6.45) is 0. The van der Waals surface area contributed by atoms with Gasteiger partial charge in [-0.25, -0.2) is 0 Å². The zero-order valence-corrected chi connectivity index (χ0v) is 9.43. The first-order valence-corrected chi connectivity index (χ1v) is 5.15. The molecule has 0 saturated heterocycles. The Bertz CT molecular complexity index is 483. The average molecular weight is 252 g/mol. The van der Waals surface area contributed by atoms with E-state index in [1.165, 1.54) is 19.1 Å². The average Bonchev–Trinajstić information content (AvgIpc) is 2.01. The Balaban J connectivity index is 0.00000196. The molecule has 0 aliphatic heterocycles. The smallest absolute Gasteiger partial charge is 0.296 e. The predicted octanol–water partition coefficient (Wildman–Crippen LogP) is 1.14. The molecule has 84 valence electrons. The Morgan fingerprint density at radius 3 is 2.33 bits per heavy atom. The van der Waals surface area contributed by atoms with Crippen LogP contribution in [0.1, 0.15) is 17.3 Å². The van der Waals surface area contributed by atoms with Gasteiger partial charge in [0.25, 0.3) is 10.1 Å². The zero-order chi connectivity index (χ0) is 10.9. The number of nitrogens with two attached hydrogens (primary N) is 1. The highest BCUT2D eigenvalue weighted by Gasteiger charge is 2.17. The quantitative estimate of drug-likeness (QED) is 0.467. The fourth-order valence-electron chi connectivity index (χ4n) is 1.08. The molecule has 0 fully saturated rings. The molecule has 0 unspecified atom stereocenters. The number of rotatable bonds is 2. The van der Waals surface area contributed by atoms with Crippen LogP contribution in [-0.4, -0.2) is 18.8 Å². The van der Waals surface area contributed by atoms with Crippen molar-refractivity contribution in [3.63, 3.8) is 0 Å². The zero-order valence-electron chi connectivity index (χ0n) is 7.80. The number of Topliss-reactive ketones (excluding diaryl/α,β-unsaturated/α-hetero) is 1. The van der Waals surface area contributed by atoms with E-state index in [1.54, 1.807) is 0 Å². The number of benzene rings is 1. The first kappa shape index (κ1) is 13.9. The van der Waals surface area contributed by atoms with Gasteiger partial charge in [0.1, 0.15) is 4.90 Å². The maximum absolute atomic E-state index is 11.0. The molecule has 5 nitrogen and oxygen atoms in total. The molecular weight excluding hydrogens is 242 g/mol. The highest BCUT2D eigenvalue weighted by Crippen LogP contribution is 2.22. The second-order valence-electron chi connectivity index (χ2n) is 2.75. The van der Waals surface area contributed by atoms with Gasteiger partial charge < -0.3 is 5.73 Å². The van der Waals surface area contributed by atoms with Crippen LogP contribution in [0.25, 0.3) is 0 Å². The number of nitrogen functional groups attached to an aromatic ring is 1. The second-order valence-corrected chi connectivity index (χ2v) is 4.14. The summed E-state index contributed by atoms with van der Waals surface area (Å²) in [7, 11) is -4.37.